The molecule has 0 aromatic heterocycles. The van der Waals surface area contributed by atoms with Crippen molar-refractivity contribution in [2.24, 2.45) is 5.73 Å². The lowest BCUT2D eigenvalue weighted by Crippen LogP contribution is -2.55. The zero-order valence-corrected chi connectivity index (χ0v) is 15.2. The molecule has 1 amide bonds. The summed E-state index contributed by atoms with van der Waals surface area (Å²) in [4.78, 5) is 18.5. The molecule has 2 fully saturated rings. The number of carbonyl (C=O) groups is 1. The average Bonchev–Trinajstić information content (AvgIpc) is 2.67. The number of piperidine rings is 1. The molecule has 0 radical (unpaired) electrons. The van der Waals surface area contributed by atoms with Crippen LogP contribution in [0.1, 0.15) is 19.3 Å². The zero-order valence-electron chi connectivity index (χ0n) is 15.2. The molecule has 138 valence electrons. The first-order valence-corrected chi connectivity index (χ1v) is 9.29. The molecule has 2 aliphatic rings. The number of nitrogens with two attached hydrogens (primary N) is 1. The molecule has 25 heavy (non-hydrogen) atoms. The first-order chi connectivity index (χ1) is 12.2. The molecule has 2 heterocycles. The fraction of sp³-hybridized carbons (Fsp3) is 0.632. The van der Waals surface area contributed by atoms with E-state index in [4.69, 9.17) is 10.5 Å². The van der Waals surface area contributed by atoms with Crippen LogP contribution in [0.4, 0.5) is 5.69 Å². The Kier molecular flexibility index (Phi) is 6.15. The van der Waals surface area contributed by atoms with Crippen LogP contribution in [0.3, 0.4) is 0 Å². The van der Waals surface area contributed by atoms with E-state index in [0.717, 1.165) is 51.6 Å². The molecule has 2 saturated heterocycles. The minimum absolute atomic E-state index is 0.199. The summed E-state index contributed by atoms with van der Waals surface area (Å²) in [5.41, 5.74) is 6.56. The van der Waals surface area contributed by atoms with Gasteiger partial charge in [-0.1, -0.05) is 0 Å². The number of hydrogen-bond acceptors (Lipinski definition) is 5. The molecule has 2 aliphatic heterocycles. The standard InChI is InChI=1S/C19H30N4O2/c1-25-18-6-4-16(5-7-18)22-11-13-23(14-12-22)17-3-2-9-21(15-17)10-8-19(20)24/h4-7,17H,2-3,8-15H2,1H3,(H2,20,24). The monoisotopic (exact) mass is 346 g/mol. The highest BCUT2D eigenvalue weighted by molar-refractivity contribution is 5.73. The Balaban J connectivity index is 1.48. The Morgan fingerprint density at radius 3 is 2.52 bits per heavy atom. The molecule has 1 aromatic carbocycles. The van der Waals surface area contributed by atoms with E-state index in [2.05, 4.69) is 26.8 Å². The molecular weight excluding hydrogens is 316 g/mol. The van der Waals surface area contributed by atoms with Crippen LogP contribution in [-0.4, -0.2) is 74.7 Å². The van der Waals surface area contributed by atoms with E-state index < -0.39 is 0 Å². The van der Waals surface area contributed by atoms with Gasteiger partial charge in [0.25, 0.3) is 0 Å². The molecule has 0 bridgehead atoms. The number of likely N-dealkylation sites (tertiary alicyclic amines) is 1. The van der Waals surface area contributed by atoms with E-state index in [1.165, 1.54) is 18.5 Å². The number of nitrogens with zero attached hydrogens (tertiary/aromatic N) is 3. The van der Waals surface area contributed by atoms with Gasteiger partial charge < -0.3 is 20.3 Å². The SMILES string of the molecule is COc1ccc(N2CCN(C3CCCN(CCC(N)=O)C3)CC2)cc1. The number of benzene rings is 1. The molecule has 0 spiro atoms. The van der Waals surface area contributed by atoms with E-state index in [0.29, 0.717) is 12.5 Å². The van der Waals surface area contributed by atoms with Gasteiger partial charge in [0.1, 0.15) is 5.75 Å². The Hall–Kier alpha value is -1.79. The summed E-state index contributed by atoms with van der Waals surface area (Å²) in [5.74, 6) is 0.705. The average molecular weight is 346 g/mol. The quantitative estimate of drug-likeness (QED) is 0.837. The van der Waals surface area contributed by atoms with E-state index in [9.17, 15) is 4.79 Å². The number of piperazine rings is 1. The lowest BCUT2D eigenvalue weighted by molar-refractivity contribution is -0.118. The summed E-state index contributed by atoms with van der Waals surface area (Å²) in [6.07, 6.45) is 2.94. The largest absolute Gasteiger partial charge is 0.497 e. The van der Waals surface area contributed by atoms with Crippen LogP contribution in [-0.2, 0) is 4.79 Å². The third-order valence-corrected chi connectivity index (χ3v) is 5.42. The predicted octanol–water partition coefficient (Wildman–Crippen LogP) is 1.16. The van der Waals surface area contributed by atoms with Crippen LogP contribution in [0.15, 0.2) is 24.3 Å². The van der Waals surface area contributed by atoms with Gasteiger partial charge in [-0.3, -0.25) is 9.69 Å². The van der Waals surface area contributed by atoms with Crippen LogP contribution in [0, 0.1) is 0 Å². The fourth-order valence-corrected chi connectivity index (χ4v) is 3.94. The van der Waals surface area contributed by atoms with E-state index in [1.807, 2.05) is 12.1 Å². The minimum Gasteiger partial charge on any atom is -0.497 e. The van der Waals surface area contributed by atoms with Crippen molar-refractivity contribution < 1.29 is 9.53 Å². The molecule has 1 aromatic rings. The summed E-state index contributed by atoms with van der Waals surface area (Å²) in [6.45, 7) is 7.28. The highest BCUT2D eigenvalue weighted by Gasteiger charge is 2.28. The zero-order chi connectivity index (χ0) is 17.6. The van der Waals surface area contributed by atoms with Gasteiger partial charge in [0.05, 0.1) is 7.11 Å². The van der Waals surface area contributed by atoms with Crippen molar-refractivity contribution in [3.8, 4) is 5.75 Å². The van der Waals surface area contributed by atoms with Crippen molar-refractivity contribution in [3.63, 3.8) is 0 Å². The Labute approximate surface area is 150 Å². The third kappa shape index (κ3) is 4.86. The maximum absolute atomic E-state index is 11.0. The number of hydrogen-bond donors (Lipinski definition) is 1. The number of rotatable bonds is 6. The highest BCUT2D eigenvalue weighted by atomic mass is 16.5. The Bertz CT molecular complexity index is 555. The predicted molar refractivity (Wildman–Crippen MR) is 100 cm³/mol. The Morgan fingerprint density at radius 2 is 1.88 bits per heavy atom. The van der Waals surface area contributed by atoms with Gasteiger partial charge in [-0.25, -0.2) is 0 Å². The first kappa shape index (κ1) is 18.0. The van der Waals surface area contributed by atoms with Crippen LogP contribution in [0.2, 0.25) is 0 Å². The Morgan fingerprint density at radius 1 is 1.16 bits per heavy atom. The molecule has 0 aliphatic carbocycles. The summed E-state index contributed by atoms with van der Waals surface area (Å²) in [6, 6.07) is 8.94. The normalized spacial score (nSPS) is 22.8. The van der Waals surface area contributed by atoms with Gasteiger partial charge in [0, 0.05) is 57.4 Å². The first-order valence-electron chi connectivity index (χ1n) is 9.29. The second-order valence-electron chi connectivity index (χ2n) is 7.03. The summed E-state index contributed by atoms with van der Waals surface area (Å²) >= 11 is 0. The summed E-state index contributed by atoms with van der Waals surface area (Å²) in [7, 11) is 1.70. The number of methoxy groups -OCH3 is 1. The van der Waals surface area contributed by atoms with E-state index in [-0.39, 0.29) is 5.91 Å². The molecule has 2 N–H and O–H groups in total. The topological polar surface area (TPSA) is 62.0 Å². The third-order valence-electron chi connectivity index (χ3n) is 5.42. The lowest BCUT2D eigenvalue weighted by atomic mass is 10.0. The van der Waals surface area contributed by atoms with Gasteiger partial charge in [-0.2, -0.15) is 0 Å². The summed E-state index contributed by atoms with van der Waals surface area (Å²) < 4.78 is 5.24. The van der Waals surface area contributed by atoms with Crippen molar-refractivity contribution >= 4 is 11.6 Å². The second-order valence-corrected chi connectivity index (χ2v) is 7.03. The van der Waals surface area contributed by atoms with Crippen molar-refractivity contribution in [2.75, 3.05) is 57.8 Å². The minimum atomic E-state index is -0.199. The van der Waals surface area contributed by atoms with Gasteiger partial charge in [-0.15, -0.1) is 0 Å². The molecule has 3 rings (SSSR count). The summed E-state index contributed by atoms with van der Waals surface area (Å²) in [5, 5.41) is 0. The molecule has 6 nitrogen and oxygen atoms in total. The maximum atomic E-state index is 11.0. The maximum Gasteiger partial charge on any atom is 0.218 e. The second kappa shape index (κ2) is 8.54. The number of amides is 1. The number of carbonyl (C=O) groups excluding carboxylic acids is 1. The van der Waals surface area contributed by atoms with Gasteiger partial charge >= 0.3 is 0 Å². The lowest BCUT2D eigenvalue weighted by Gasteiger charge is -2.44. The number of anilines is 1. The van der Waals surface area contributed by atoms with Crippen molar-refractivity contribution in [1.82, 2.24) is 9.80 Å². The van der Waals surface area contributed by atoms with Gasteiger partial charge in [-0.05, 0) is 43.7 Å². The molecule has 1 atom stereocenters. The molecule has 1 unspecified atom stereocenters. The number of ether oxygens (including phenoxy) is 1. The van der Waals surface area contributed by atoms with Gasteiger partial charge in [0.2, 0.25) is 5.91 Å². The van der Waals surface area contributed by atoms with E-state index in [1.54, 1.807) is 7.11 Å². The van der Waals surface area contributed by atoms with E-state index >= 15 is 0 Å². The van der Waals surface area contributed by atoms with Crippen molar-refractivity contribution in [2.45, 2.75) is 25.3 Å². The molecular formula is C19H30N4O2. The fourth-order valence-electron chi connectivity index (χ4n) is 3.94. The van der Waals surface area contributed by atoms with Crippen molar-refractivity contribution in [3.05, 3.63) is 24.3 Å². The van der Waals surface area contributed by atoms with Crippen LogP contribution >= 0.6 is 0 Å². The van der Waals surface area contributed by atoms with Gasteiger partial charge in [0.15, 0.2) is 0 Å². The van der Waals surface area contributed by atoms with Crippen LogP contribution in [0.5, 0.6) is 5.75 Å². The highest BCUT2D eigenvalue weighted by Crippen LogP contribution is 2.23. The van der Waals surface area contributed by atoms with Crippen LogP contribution < -0.4 is 15.4 Å². The van der Waals surface area contributed by atoms with Crippen molar-refractivity contribution in [1.29, 1.82) is 0 Å². The smallest absolute Gasteiger partial charge is 0.218 e. The number of primary amides is 1. The molecule has 6 heteroatoms. The molecule has 0 saturated carbocycles. The van der Waals surface area contributed by atoms with Crippen LogP contribution in [0.25, 0.3) is 0 Å².